The fourth-order valence-electron chi connectivity index (χ4n) is 4.47. The highest BCUT2D eigenvalue weighted by Gasteiger charge is 2.18. The second-order valence-electron chi connectivity index (χ2n) is 8.46. The highest BCUT2D eigenvalue weighted by atomic mass is 15.2. The van der Waals surface area contributed by atoms with Gasteiger partial charge < -0.3 is 9.88 Å². The van der Waals surface area contributed by atoms with Gasteiger partial charge in [0.25, 0.3) is 0 Å². The molecule has 7 nitrogen and oxygen atoms in total. The van der Waals surface area contributed by atoms with Gasteiger partial charge in [0.15, 0.2) is 0 Å². The molecule has 0 saturated heterocycles. The molecule has 0 radical (unpaired) electrons. The lowest BCUT2D eigenvalue weighted by molar-refractivity contribution is 0.766. The zero-order valence-electron chi connectivity index (χ0n) is 18.9. The van der Waals surface area contributed by atoms with Crippen LogP contribution in [-0.2, 0) is 14.1 Å². The summed E-state index contributed by atoms with van der Waals surface area (Å²) in [4.78, 5) is 13.6. The molecule has 7 heteroatoms. The molecule has 4 heterocycles. The Kier molecular flexibility index (Phi) is 4.80. The van der Waals surface area contributed by atoms with Crippen LogP contribution in [-0.4, -0.2) is 29.3 Å². The third kappa shape index (κ3) is 3.57. The van der Waals surface area contributed by atoms with Gasteiger partial charge in [-0.25, -0.2) is 0 Å². The number of benzene rings is 2. The van der Waals surface area contributed by atoms with Crippen LogP contribution in [0.5, 0.6) is 0 Å². The van der Waals surface area contributed by atoms with Crippen LogP contribution in [0.1, 0.15) is 17.2 Å². The summed E-state index contributed by atoms with van der Waals surface area (Å²) in [6.45, 7) is 0. The number of nitrogens with one attached hydrogen (secondary N) is 1. The van der Waals surface area contributed by atoms with Crippen molar-refractivity contribution < 1.29 is 0 Å². The Hall–Kier alpha value is -4.52. The molecule has 6 rings (SSSR count). The molecular formula is C27H23N7. The zero-order chi connectivity index (χ0) is 23.1. The predicted octanol–water partition coefficient (Wildman–Crippen LogP) is 5.12. The van der Waals surface area contributed by atoms with Crippen LogP contribution < -0.4 is 5.32 Å². The van der Waals surface area contributed by atoms with Crippen molar-refractivity contribution in [1.29, 1.82) is 0 Å². The average Bonchev–Trinajstić information content (AvgIpc) is 3.47. The van der Waals surface area contributed by atoms with Gasteiger partial charge >= 0.3 is 0 Å². The van der Waals surface area contributed by atoms with Gasteiger partial charge in [-0.15, -0.1) is 0 Å². The smallest absolute Gasteiger partial charge is 0.0966 e. The Morgan fingerprint density at radius 3 is 2.62 bits per heavy atom. The van der Waals surface area contributed by atoms with Crippen LogP contribution in [0.4, 0.5) is 5.69 Å². The average molecular weight is 446 g/mol. The summed E-state index contributed by atoms with van der Waals surface area (Å²) in [7, 11) is 3.99. The molecule has 0 amide bonds. The minimum absolute atomic E-state index is 0.111. The van der Waals surface area contributed by atoms with Gasteiger partial charge in [-0.1, -0.05) is 18.2 Å². The molecule has 4 aromatic heterocycles. The van der Waals surface area contributed by atoms with E-state index in [0.29, 0.717) is 0 Å². The lowest BCUT2D eigenvalue weighted by atomic mass is 9.99. The maximum absolute atomic E-state index is 4.67. The lowest BCUT2D eigenvalue weighted by Gasteiger charge is -2.20. The molecule has 1 N–H and O–H groups in total. The quantitative estimate of drug-likeness (QED) is 0.399. The minimum Gasteiger partial charge on any atom is -0.374 e. The van der Waals surface area contributed by atoms with Gasteiger partial charge in [-0.3, -0.25) is 19.6 Å². The molecule has 0 spiro atoms. The molecule has 0 unspecified atom stereocenters. The van der Waals surface area contributed by atoms with E-state index in [1.807, 2.05) is 42.5 Å². The lowest BCUT2D eigenvalue weighted by Crippen LogP contribution is -2.12. The Bertz CT molecular complexity index is 1610. The fourth-order valence-corrected chi connectivity index (χ4v) is 4.47. The maximum Gasteiger partial charge on any atom is 0.0966 e. The maximum atomic E-state index is 4.67. The topological polar surface area (TPSA) is 73.5 Å². The van der Waals surface area contributed by atoms with Gasteiger partial charge in [0.2, 0.25) is 0 Å². The van der Waals surface area contributed by atoms with Crippen molar-refractivity contribution in [2.24, 2.45) is 14.1 Å². The summed E-state index contributed by atoms with van der Waals surface area (Å²) in [5, 5.41) is 9.30. The summed E-state index contributed by atoms with van der Waals surface area (Å²) in [6, 6.07) is 16.8. The summed E-state index contributed by atoms with van der Waals surface area (Å²) in [5.74, 6) is 0. The third-order valence-corrected chi connectivity index (χ3v) is 6.16. The largest absolute Gasteiger partial charge is 0.374 e. The second-order valence-corrected chi connectivity index (χ2v) is 8.46. The van der Waals surface area contributed by atoms with E-state index in [4.69, 9.17) is 0 Å². The fraction of sp³-hybridized carbons (Fsp3) is 0.111. The van der Waals surface area contributed by atoms with E-state index in [-0.39, 0.29) is 6.04 Å². The van der Waals surface area contributed by atoms with Crippen molar-refractivity contribution >= 4 is 27.6 Å². The summed E-state index contributed by atoms with van der Waals surface area (Å²) in [6.07, 6.45) is 13.1. The van der Waals surface area contributed by atoms with Crippen LogP contribution in [0, 0.1) is 0 Å². The van der Waals surface area contributed by atoms with Crippen LogP contribution in [0.3, 0.4) is 0 Å². The van der Waals surface area contributed by atoms with Crippen LogP contribution in [0.2, 0.25) is 0 Å². The van der Waals surface area contributed by atoms with E-state index in [9.17, 15) is 0 Å². The first kappa shape index (κ1) is 20.1. The molecule has 0 aliphatic heterocycles. The number of anilines is 1. The highest BCUT2D eigenvalue weighted by molar-refractivity contribution is 5.97. The molecule has 0 bridgehead atoms. The first-order valence-corrected chi connectivity index (χ1v) is 11.1. The molecule has 2 aromatic carbocycles. The molecule has 0 fully saturated rings. The van der Waals surface area contributed by atoms with E-state index >= 15 is 0 Å². The SMILES string of the molecule is Cn1cc([C@H](Nc2cc(-c3ccc4ccn(C)c4c3)c3nccnc3c2)c2cccnc2)cn1. The number of fused-ring (bicyclic) bond motifs is 2. The standard InChI is InChI=1S/C27H23N7/c1-33-11-7-18-5-6-19(12-25(18)33)23-13-22(14-24-27(23)30-10-9-29-24)32-26(20-4-3-8-28-15-20)21-16-31-34(2)17-21/h3-17,26,32H,1-2H3/t26-/m1/s1. The van der Waals surface area contributed by atoms with E-state index in [0.717, 1.165) is 39.0 Å². The number of nitrogens with zero attached hydrogens (tertiary/aromatic N) is 6. The van der Waals surface area contributed by atoms with Crippen molar-refractivity contribution in [3.63, 3.8) is 0 Å². The molecule has 1 atom stereocenters. The molecule has 166 valence electrons. The van der Waals surface area contributed by atoms with Crippen molar-refractivity contribution in [1.82, 2.24) is 29.3 Å². The molecule has 0 aliphatic carbocycles. The van der Waals surface area contributed by atoms with Crippen molar-refractivity contribution in [2.45, 2.75) is 6.04 Å². The summed E-state index contributed by atoms with van der Waals surface area (Å²) in [5.41, 5.74) is 8.09. The van der Waals surface area contributed by atoms with Crippen molar-refractivity contribution in [2.75, 3.05) is 5.32 Å². The van der Waals surface area contributed by atoms with Gasteiger partial charge in [0, 0.05) is 73.6 Å². The summed E-state index contributed by atoms with van der Waals surface area (Å²) < 4.78 is 3.95. The first-order chi connectivity index (χ1) is 16.7. The second kappa shape index (κ2) is 8.12. The number of aryl methyl sites for hydroxylation is 2. The molecule has 0 aliphatic rings. The molecular weight excluding hydrogens is 422 g/mol. The van der Waals surface area contributed by atoms with Crippen LogP contribution in [0.15, 0.2) is 91.9 Å². The molecule has 34 heavy (non-hydrogen) atoms. The number of hydrogen-bond donors (Lipinski definition) is 1. The minimum atomic E-state index is -0.111. The molecule has 0 saturated carbocycles. The zero-order valence-corrected chi connectivity index (χ0v) is 18.9. The monoisotopic (exact) mass is 445 g/mol. The Labute approximate surface area is 196 Å². The van der Waals surface area contributed by atoms with Crippen LogP contribution >= 0.6 is 0 Å². The predicted molar refractivity (Wildman–Crippen MR) is 134 cm³/mol. The van der Waals surface area contributed by atoms with E-state index < -0.39 is 0 Å². The normalized spacial score (nSPS) is 12.3. The van der Waals surface area contributed by atoms with E-state index in [2.05, 4.69) is 79.6 Å². The van der Waals surface area contributed by atoms with Crippen LogP contribution in [0.25, 0.3) is 33.1 Å². The van der Waals surface area contributed by atoms with Gasteiger partial charge in [0.05, 0.1) is 23.3 Å². The number of pyridine rings is 1. The summed E-state index contributed by atoms with van der Waals surface area (Å²) >= 11 is 0. The Balaban J connectivity index is 1.50. The number of aromatic nitrogens is 6. The Morgan fingerprint density at radius 1 is 0.882 bits per heavy atom. The van der Waals surface area contributed by atoms with Gasteiger partial charge in [0.1, 0.15) is 0 Å². The third-order valence-electron chi connectivity index (χ3n) is 6.16. The highest BCUT2D eigenvalue weighted by Crippen LogP contribution is 2.34. The Morgan fingerprint density at radius 2 is 1.79 bits per heavy atom. The van der Waals surface area contributed by atoms with Crippen molar-refractivity contribution in [3.05, 3.63) is 103 Å². The number of hydrogen-bond acceptors (Lipinski definition) is 5. The molecule has 6 aromatic rings. The van der Waals surface area contributed by atoms with Gasteiger partial charge in [-0.2, -0.15) is 5.10 Å². The van der Waals surface area contributed by atoms with E-state index in [1.54, 1.807) is 18.6 Å². The van der Waals surface area contributed by atoms with Crippen molar-refractivity contribution in [3.8, 4) is 11.1 Å². The van der Waals surface area contributed by atoms with Gasteiger partial charge in [-0.05, 0) is 46.8 Å². The number of rotatable bonds is 5. The first-order valence-electron chi connectivity index (χ1n) is 11.1. The van der Waals surface area contributed by atoms with E-state index in [1.165, 1.54) is 10.9 Å².